The molecule has 1 amide bonds. The lowest BCUT2D eigenvalue weighted by atomic mass is 10.1. The summed E-state index contributed by atoms with van der Waals surface area (Å²) >= 11 is 0. The largest absolute Gasteiger partial charge is 0.465 e. The Labute approximate surface area is 89.3 Å². The molecule has 0 aromatic carbocycles. The van der Waals surface area contributed by atoms with Gasteiger partial charge in [0, 0.05) is 32.2 Å². The van der Waals surface area contributed by atoms with Gasteiger partial charge in [-0.1, -0.05) is 0 Å². The summed E-state index contributed by atoms with van der Waals surface area (Å²) in [7, 11) is 0. The number of hydrogen-bond donors (Lipinski definition) is 2. The third-order valence-corrected chi connectivity index (χ3v) is 3.38. The van der Waals surface area contributed by atoms with Gasteiger partial charge in [0.2, 0.25) is 0 Å². The summed E-state index contributed by atoms with van der Waals surface area (Å²) in [5.74, 6) is 0. The van der Waals surface area contributed by atoms with Gasteiger partial charge < -0.3 is 15.1 Å². The van der Waals surface area contributed by atoms with Gasteiger partial charge in [0.15, 0.2) is 0 Å². The van der Waals surface area contributed by atoms with Gasteiger partial charge >= 0.3 is 6.09 Å². The van der Waals surface area contributed by atoms with Crippen LogP contribution in [0.4, 0.5) is 4.79 Å². The van der Waals surface area contributed by atoms with Gasteiger partial charge in [0.05, 0.1) is 6.10 Å². The number of aliphatic hydroxyl groups is 1. The molecule has 2 fully saturated rings. The third-order valence-electron chi connectivity index (χ3n) is 3.38. The number of β-amino-alcohol motifs (C(OH)–C–C–N with tert-alkyl or cyclic N) is 1. The van der Waals surface area contributed by atoms with E-state index in [1.807, 2.05) is 0 Å². The van der Waals surface area contributed by atoms with Crippen molar-refractivity contribution in [3.8, 4) is 0 Å². The van der Waals surface area contributed by atoms with Crippen molar-refractivity contribution in [3.05, 3.63) is 0 Å². The van der Waals surface area contributed by atoms with Gasteiger partial charge in [-0.2, -0.15) is 0 Å². The summed E-state index contributed by atoms with van der Waals surface area (Å²) in [6, 6.07) is 0.312. The minimum atomic E-state index is -0.820. The first-order valence-electron chi connectivity index (χ1n) is 5.57. The Hall–Kier alpha value is -0.810. The lowest BCUT2D eigenvalue weighted by Crippen LogP contribution is -2.48. The highest BCUT2D eigenvalue weighted by molar-refractivity contribution is 5.65. The van der Waals surface area contributed by atoms with E-state index < -0.39 is 6.09 Å². The van der Waals surface area contributed by atoms with E-state index in [0.717, 1.165) is 25.8 Å². The van der Waals surface area contributed by atoms with Gasteiger partial charge in [-0.15, -0.1) is 0 Å². The molecular weight excluding hydrogens is 196 g/mol. The molecule has 0 aromatic rings. The number of aliphatic hydroxyl groups excluding tert-OH is 1. The first-order valence-corrected chi connectivity index (χ1v) is 5.57. The molecule has 2 N–H and O–H groups in total. The number of carbonyl (C=O) groups is 1. The first kappa shape index (κ1) is 10.7. The number of rotatable bonds is 1. The molecule has 0 bridgehead atoms. The SMILES string of the molecule is O=C(O)N1CCCC(N2CCC(O)C2)C1. The Morgan fingerprint density at radius 1 is 1.20 bits per heavy atom. The molecule has 0 radical (unpaired) electrons. The Morgan fingerprint density at radius 3 is 2.60 bits per heavy atom. The van der Waals surface area contributed by atoms with Crippen molar-refractivity contribution in [2.24, 2.45) is 0 Å². The fourth-order valence-electron chi connectivity index (χ4n) is 2.53. The molecule has 86 valence electrons. The summed E-state index contributed by atoms with van der Waals surface area (Å²) in [5, 5.41) is 18.3. The average molecular weight is 214 g/mol. The zero-order valence-electron chi connectivity index (χ0n) is 8.80. The van der Waals surface area contributed by atoms with Crippen LogP contribution in [0.25, 0.3) is 0 Å². The van der Waals surface area contributed by atoms with E-state index in [2.05, 4.69) is 4.90 Å². The summed E-state index contributed by atoms with van der Waals surface area (Å²) in [4.78, 5) is 14.5. The van der Waals surface area contributed by atoms with Crippen LogP contribution < -0.4 is 0 Å². The van der Waals surface area contributed by atoms with E-state index in [9.17, 15) is 9.90 Å². The van der Waals surface area contributed by atoms with Crippen molar-refractivity contribution in [1.29, 1.82) is 0 Å². The monoisotopic (exact) mass is 214 g/mol. The molecule has 2 heterocycles. The van der Waals surface area contributed by atoms with E-state index in [0.29, 0.717) is 25.7 Å². The van der Waals surface area contributed by atoms with Crippen LogP contribution in [0.3, 0.4) is 0 Å². The molecule has 5 nitrogen and oxygen atoms in total. The number of amides is 1. The lowest BCUT2D eigenvalue weighted by molar-refractivity contribution is 0.0885. The number of likely N-dealkylation sites (tertiary alicyclic amines) is 2. The van der Waals surface area contributed by atoms with E-state index in [1.54, 1.807) is 0 Å². The van der Waals surface area contributed by atoms with Crippen LogP contribution >= 0.6 is 0 Å². The van der Waals surface area contributed by atoms with Gasteiger partial charge in [-0.05, 0) is 19.3 Å². The topological polar surface area (TPSA) is 64.0 Å². The Bertz CT molecular complexity index is 247. The van der Waals surface area contributed by atoms with Crippen LogP contribution in [0.2, 0.25) is 0 Å². The Balaban J connectivity index is 1.90. The second-order valence-corrected chi connectivity index (χ2v) is 4.46. The van der Waals surface area contributed by atoms with Crippen molar-refractivity contribution in [2.75, 3.05) is 26.2 Å². The van der Waals surface area contributed by atoms with Gasteiger partial charge in [-0.3, -0.25) is 4.90 Å². The zero-order chi connectivity index (χ0) is 10.8. The minimum Gasteiger partial charge on any atom is -0.465 e. The second-order valence-electron chi connectivity index (χ2n) is 4.46. The molecule has 2 atom stereocenters. The fourth-order valence-corrected chi connectivity index (χ4v) is 2.53. The molecule has 15 heavy (non-hydrogen) atoms. The number of carboxylic acid groups (broad SMARTS) is 1. The normalized spacial score (nSPS) is 33.3. The number of nitrogens with zero attached hydrogens (tertiary/aromatic N) is 2. The fraction of sp³-hybridized carbons (Fsp3) is 0.900. The van der Waals surface area contributed by atoms with Gasteiger partial charge in [0.25, 0.3) is 0 Å². The quantitative estimate of drug-likeness (QED) is 0.654. The van der Waals surface area contributed by atoms with Crippen LogP contribution in [-0.4, -0.2) is 64.4 Å². The van der Waals surface area contributed by atoms with Crippen molar-refractivity contribution < 1.29 is 15.0 Å². The Morgan fingerprint density at radius 2 is 2.00 bits per heavy atom. The molecule has 2 rings (SSSR count). The number of piperidine rings is 1. The van der Waals surface area contributed by atoms with Crippen LogP contribution in [0.15, 0.2) is 0 Å². The van der Waals surface area contributed by atoms with E-state index in [-0.39, 0.29) is 6.10 Å². The van der Waals surface area contributed by atoms with Crippen molar-refractivity contribution in [1.82, 2.24) is 9.80 Å². The highest BCUT2D eigenvalue weighted by Crippen LogP contribution is 2.20. The van der Waals surface area contributed by atoms with Crippen molar-refractivity contribution in [3.63, 3.8) is 0 Å². The molecule has 2 unspecified atom stereocenters. The molecule has 0 aliphatic carbocycles. The standard InChI is InChI=1S/C10H18N2O3/c13-9-3-5-11(7-9)8-2-1-4-12(6-8)10(14)15/h8-9,13H,1-7H2,(H,14,15). The van der Waals surface area contributed by atoms with E-state index in [1.165, 1.54) is 4.90 Å². The van der Waals surface area contributed by atoms with Crippen molar-refractivity contribution in [2.45, 2.75) is 31.4 Å². The predicted molar refractivity (Wildman–Crippen MR) is 54.8 cm³/mol. The maximum atomic E-state index is 10.8. The second kappa shape index (κ2) is 4.37. The van der Waals surface area contributed by atoms with E-state index in [4.69, 9.17) is 5.11 Å². The maximum Gasteiger partial charge on any atom is 0.407 e. The molecule has 0 aromatic heterocycles. The predicted octanol–water partition coefficient (Wildman–Crippen LogP) is 0.195. The van der Waals surface area contributed by atoms with Crippen LogP contribution in [0, 0.1) is 0 Å². The smallest absolute Gasteiger partial charge is 0.407 e. The molecule has 2 aliphatic heterocycles. The number of hydrogen-bond acceptors (Lipinski definition) is 3. The summed E-state index contributed by atoms with van der Waals surface area (Å²) in [6.07, 6.45) is 1.77. The van der Waals surface area contributed by atoms with Crippen molar-refractivity contribution >= 4 is 6.09 Å². The molecule has 2 saturated heterocycles. The molecule has 0 spiro atoms. The summed E-state index contributed by atoms with van der Waals surface area (Å²) in [5.41, 5.74) is 0. The molecule has 0 saturated carbocycles. The zero-order valence-corrected chi connectivity index (χ0v) is 8.80. The van der Waals surface area contributed by atoms with Crippen LogP contribution in [0.1, 0.15) is 19.3 Å². The summed E-state index contributed by atoms with van der Waals surface area (Å²) in [6.45, 7) is 2.86. The molecule has 5 heteroatoms. The van der Waals surface area contributed by atoms with Gasteiger partial charge in [0.1, 0.15) is 0 Å². The lowest BCUT2D eigenvalue weighted by Gasteiger charge is -2.36. The highest BCUT2D eigenvalue weighted by atomic mass is 16.4. The van der Waals surface area contributed by atoms with Gasteiger partial charge in [-0.25, -0.2) is 4.79 Å². The highest BCUT2D eigenvalue weighted by Gasteiger charge is 2.31. The molecule has 2 aliphatic rings. The maximum absolute atomic E-state index is 10.8. The minimum absolute atomic E-state index is 0.217. The average Bonchev–Trinajstić information content (AvgIpc) is 2.65. The van der Waals surface area contributed by atoms with E-state index >= 15 is 0 Å². The van der Waals surface area contributed by atoms with Crippen LogP contribution in [0.5, 0.6) is 0 Å². The molecular formula is C10H18N2O3. The third kappa shape index (κ3) is 2.41. The summed E-state index contributed by atoms with van der Waals surface area (Å²) < 4.78 is 0. The Kier molecular flexibility index (Phi) is 3.11. The first-order chi connectivity index (χ1) is 7.16. The van der Waals surface area contributed by atoms with Crippen LogP contribution in [-0.2, 0) is 0 Å².